The average Bonchev–Trinajstić information content (AvgIpc) is 3.24. The fourth-order valence-electron chi connectivity index (χ4n) is 6.23. The lowest BCUT2D eigenvalue weighted by Crippen LogP contribution is -2.39. The molecule has 0 spiro atoms. The van der Waals surface area contributed by atoms with Gasteiger partial charge in [-0.2, -0.15) is 0 Å². The first-order valence-corrected chi connectivity index (χ1v) is 14.3. The number of hydrogen-bond donors (Lipinski definition) is 3. The number of pyridine rings is 1. The molecular weight excluding hydrogens is 540 g/mol. The fourth-order valence-corrected chi connectivity index (χ4v) is 6.45. The molecule has 3 aromatic rings. The zero-order valence-corrected chi connectivity index (χ0v) is 23.5. The summed E-state index contributed by atoms with van der Waals surface area (Å²) >= 11 is 6.38. The topological polar surface area (TPSA) is 111 Å². The number of carbonyl (C=O) groups excluding carboxylic acids is 2. The number of anilines is 1. The van der Waals surface area contributed by atoms with Gasteiger partial charge in [-0.1, -0.05) is 48.4 Å². The van der Waals surface area contributed by atoms with E-state index in [1.165, 1.54) is 11.0 Å². The Kier molecular flexibility index (Phi) is 8.68. The van der Waals surface area contributed by atoms with E-state index in [1.807, 2.05) is 37.3 Å². The molecule has 1 aliphatic carbocycles. The van der Waals surface area contributed by atoms with Crippen LogP contribution >= 0.6 is 11.6 Å². The van der Waals surface area contributed by atoms with E-state index in [9.17, 15) is 24.9 Å². The third kappa shape index (κ3) is 5.71. The van der Waals surface area contributed by atoms with Crippen LogP contribution in [0, 0.1) is 17.8 Å². The van der Waals surface area contributed by atoms with Crippen molar-refractivity contribution in [3.05, 3.63) is 100 Å². The minimum Gasteiger partial charge on any atom is -0.508 e. The number of phenolic OH excluding ortho intramolecular Hbond substituents is 1. The second kappa shape index (κ2) is 12.4. The first kappa shape index (κ1) is 28.7. The predicted octanol–water partition coefficient (Wildman–Crippen LogP) is 5.65. The second-order valence-corrected chi connectivity index (χ2v) is 10.9. The van der Waals surface area contributed by atoms with Crippen LogP contribution in [0.2, 0.25) is 5.02 Å². The standard InChI is InChI=1S/C33H33ClN2O5/c1-2-20-17-25-31(33(41)36(32(25)40)23-8-4-3-5-9-23)26(19-37)30(20)29(39)14-12-22(28-10-6-7-15-35-28)16-21-11-13-24(38)18-27(21)34/h3-11,13,15-16,18,25-26,29,31,37-39H,2,12,14,17,19H2,1H3/b22-16-/t25-,26+,29-,31-/m1/s1. The third-order valence-electron chi connectivity index (χ3n) is 8.18. The maximum Gasteiger partial charge on any atom is 0.238 e. The van der Waals surface area contributed by atoms with Gasteiger partial charge in [-0.05, 0) is 90.9 Å². The molecule has 8 heteroatoms. The number of amides is 2. The van der Waals surface area contributed by atoms with Crippen molar-refractivity contribution in [3.63, 3.8) is 0 Å². The van der Waals surface area contributed by atoms with E-state index < -0.39 is 23.9 Å². The van der Waals surface area contributed by atoms with E-state index in [0.29, 0.717) is 47.5 Å². The van der Waals surface area contributed by atoms with E-state index in [0.717, 1.165) is 16.8 Å². The number of benzene rings is 2. The van der Waals surface area contributed by atoms with Crippen LogP contribution in [0.1, 0.15) is 43.9 Å². The number of carbonyl (C=O) groups is 2. The Bertz CT molecular complexity index is 1490. The maximum atomic E-state index is 13.6. The van der Waals surface area contributed by atoms with Crippen LogP contribution in [0.5, 0.6) is 5.75 Å². The van der Waals surface area contributed by atoms with Gasteiger partial charge in [0.15, 0.2) is 0 Å². The number of phenols is 1. The van der Waals surface area contributed by atoms with E-state index in [-0.39, 0.29) is 24.2 Å². The summed E-state index contributed by atoms with van der Waals surface area (Å²) in [5, 5.41) is 32.3. The summed E-state index contributed by atoms with van der Waals surface area (Å²) in [6.07, 6.45) is 4.39. The number of para-hydroxylation sites is 1. The first-order chi connectivity index (χ1) is 19.8. The number of halogens is 1. The number of aromatic hydroxyl groups is 1. The van der Waals surface area contributed by atoms with Gasteiger partial charge >= 0.3 is 0 Å². The molecule has 2 amide bonds. The Labute approximate surface area is 244 Å². The Morgan fingerprint density at radius 2 is 1.85 bits per heavy atom. The van der Waals surface area contributed by atoms with Crippen LogP contribution < -0.4 is 4.90 Å². The molecule has 2 heterocycles. The summed E-state index contributed by atoms with van der Waals surface area (Å²) in [4.78, 5) is 32.8. The minimum atomic E-state index is -0.931. The van der Waals surface area contributed by atoms with Gasteiger partial charge in [-0.25, -0.2) is 0 Å². The minimum absolute atomic E-state index is 0.0670. The van der Waals surface area contributed by atoms with Crippen molar-refractivity contribution in [3.8, 4) is 5.75 Å². The van der Waals surface area contributed by atoms with Crippen LogP contribution in [0.4, 0.5) is 5.69 Å². The lowest BCUT2D eigenvalue weighted by Gasteiger charge is -2.36. The summed E-state index contributed by atoms with van der Waals surface area (Å²) < 4.78 is 0. The fraction of sp³-hybridized carbons (Fsp3) is 0.303. The Morgan fingerprint density at radius 1 is 1.10 bits per heavy atom. The quantitative estimate of drug-likeness (QED) is 0.226. The van der Waals surface area contributed by atoms with Gasteiger partial charge in [-0.15, -0.1) is 0 Å². The molecule has 1 saturated heterocycles. The monoisotopic (exact) mass is 572 g/mol. The van der Waals surface area contributed by atoms with Crippen molar-refractivity contribution in [2.45, 2.75) is 38.7 Å². The summed E-state index contributed by atoms with van der Waals surface area (Å²) in [7, 11) is 0. The number of aliphatic hydroxyl groups is 2. The number of allylic oxidation sites excluding steroid dienone is 2. The number of rotatable bonds is 9. The predicted molar refractivity (Wildman–Crippen MR) is 159 cm³/mol. The summed E-state index contributed by atoms with van der Waals surface area (Å²) in [5.74, 6) is -2.47. The third-order valence-corrected chi connectivity index (χ3v) is 8.50. The van der Waals surface area contributed by atoms with Crippen molar-refractivity contribution in [1.29, 1.82) is 0 Å². The van der Waals surface area contributed by atoms with Gasteiger partial charge < -0.3 is 15.3 Å². The highest BCUT2D eigenvalue weighted by atomic mass is 35.5. The Morgan fingerprint density at radius 3 is 2.51 bits per heavy atom. The van der Waals surface area contributed by atoms with Gasteiger partial charge in [0.25, 0.3) is 0 Å². The molecule has 2 aromatic carbocycles. The maximum absolute atomic E-state index is 13.6. The number of aliphatic hydroxyl groups excluding tert-OH is 2. The van der Waals surface area contributed by atoms with Crippen LogP contribution in [0.15, 0.2) is 84.1 Å². The van der Waals surface area contributed by atoms with Crippen molar-refractivity contribution in [2.24, 2.45) is 17.8 Å². The summed E-state index contributed by atoms with van der Waals surface area (Å²) in [5.41, 5.74) is 4.37. The molecule has 1 fully saturated rings. The highest BCUT2D eigenvalue weighted by Gasteiger charge is 2.55. The lowest BCUT2D eigenvalue weighted by atomic mass is 9.67. The molecule has 0 saturated carbocycles. The van der Waals surface area contributed by atoms with Crippen molar-refractivity contribution < 1.29 is 24.9 Å². The van der Waals surface area contributed by atoms with Gasteiger partial charge in [0.1, 0.15) is 5.75 Å². The normalized spacial score (nSPS) is 21.8. The molecule has 0 bridgehead atoms. The molecule has 1 aromatic heterocycles. The highest BCUT2D eigenvalue weighted by molar-refractivity contribution is 6.32. The molecule has 5 rings (SSSR count). The van der Waals surface area contributed by atoms with Crippen LogP contribution in [-0.2, 0) is 9.59 Å². The van der Waals surface area contributed by atoms with E-state index in [4.69, 9.17) is 11.6 Å². The smallest absolute Gasteiger partial charge is 0.238 e. The number of imide groups is 1. The Hall–Kier alpha value is -3.78. The van der Waals surface area contributed by atoms with Gasteiger partial charge in [-0.3, -0.25) is 19.5 Å². The molecule has 4 atom stereocenters. The van der Waals surface area contributed by atoms with Crippen molar-refractivity contribution >= 4 is 40.8 Å². The van der Waals surface area contributed by atoms with Gasteiger partial charge in [0.2, 0.25) is 11.8 Å². The van der Waals surface area contributed by atoms with Gasteiger partial charge in [0.05, 0.1) is 41.0 Å². The van der Waals surface area contributed by atoms with Crippen LogP contribution in [0.25, 0.3) is 11.6 Å². The lowest BCUT2D eigenvalue weighted by molar-refractivity contribution is -0.123. The molecule has 2 aliphatic rings. The molecule has 1 aliphatic heterocycles. The van der Waals surface area contributed by atoms with E-state index in [2.05, 4.69) is 4.98 Å². The Balaban J connectivity index is 1.44. The molecule has 0 radical (unpaired) electrons. The number of aromatic nitrogens is 1. The summed E-state index contributed by atoms with van der Waals surface area (Å²) in [6, 6.07) is 19.2. The van der Waals surface area contributed by atoms with Crippen molar-refractivity contribution in [2.75, 3.05) is 11.5 Å². The first-order valence-electron chi connectivity index (χ1n) is 13.9. The van der Waals surface area contributed by atoms with E-state index in [1.54, 1.807) is 42.6 Å². The largest absolute Gasteiger partial charge is 0.508 e. The highest BCUT2D eigenvalue weighted by Crippen LogP contribution is 2.48. The van der Waals surface area contributed by atoms with Crippen LogP contribution in [0.3, 0.4) is 0 Å². The number of nitrogens with zero attached hydrogens (tertiary/aromatic N) is 2. The summed E-state index contributed by atoms with van der Waals surface area (Å²) in [6.45, 7) is 1.63. The zero-order valence-electron chi connectivity index (χ0n) is 22.8. The average molecular weight is 573 g/mol. The second-order valence-electron chi connectivity index (χ2n) is 10.5. The zero-order chi connectivity index (χ0) is 29.1. The number of fused-ring (bicyclic) bond motifs is 1. The van der Waals surface area contributed by atoms with E-state index >= 15 is 0 Å². The number of hydrogen-bond acceptors (Lipinski definition) is 6. The molecule has 41 heavy (non-hydrogen) atoms. The van der Waals surface area contributed by atoms with Crippen LogP contribution in [-0.4, -0.2) is 44.8 Å². The molecule has 0 unspecified atom stereocenters. The molecule has 7 nitrogen and oxygen atoms in total. The molecular formula is C33H33ClN2O5. The molecule has 212 valence electrons. The SMILES string of the molecule is CCC1=C([C@H](O)CC/C(=C/c2ccc(O)cc2Cl)c2ccccn2)[C@H](CO)[C@@H]2C(=O)N(c3ccccc3)C(=O)[C@@H]2C1. The van der Waals surface area contributed by atoms with Crippen molar-refractivity contribution in [1.82, 2.24) is 4.98 Å². The van der Waals surface area contributed by atoms with Gasteiger partial charge in [0, 0.05) is 12.1 Å². The molecule has 3 N–H and O–H groups in total.